The number of unbranched alkanes of at least 4 members (excludes halogenated alkanes) is 1. The minimum atomic E-state index is -1.70. The SMILES string of the molecule is CC(C)(C)[Si](C)(C)OCCCCC(=O)C1CCN(C(=O)OCc2ccccc2)CC1. The Balaban J connectivity index is 1.61. The van der Waals surface area contributed by atoms with Crippen LogP contribution < -0.4 is 0 Å². The van der Waals surface area contributed by atoms with Crippen LogP contribution >= 0.6 is 0 Å². The van der Waals surface area contributed by atoms with Crippen molar-refractivity contribution in [2.45, 2.75) is 77.6 Å². The third-order valence-electron chi connectivity index (χ3n) is 6.50. The molecule has 0 spiro atoms. The van der Waals surface area contributed by atoms with Crippen LogP contribution in [0.25, 0.3) is 0 Å². The van der Waals surface area contributed by atoms with Gasteiger partial charge in [-0.3, -0.25) is 4.79 Å². The summed E-state index contributed by atoms with van der Waals surface area (Å²) in [6, 6.07) is 9.68. The highest BCUT2D eigenvalue weighted by Crippen LogP contribution is 2.36. The lowest BCUT2D eigenvalue weighted by Crippen LogP contribution is -2.41. The smallest absolute Gasteiger partial charge is 0.410 e. The fraction of sp³-hybridized carbons (Fsp3) is 0.667. The number of benzene rings is 1. The lowest BCUT2D eigenvalue weighted by atomic mass is 9.90. The van der Waals surface area contributed by atoms with Crippen LogP contribution in [-0.2, 0) is 20.6 Å². The Morgan fingerprint density at radius 2 is 1.70 bits per heavy atom. The first-order chi connectivity index (χ1) is 14.1. The van der Waals surface area contributed by atoms with Gasteiger partial charge < -0.3 is 14.1 Å². The van der Waals surface area contributed by atoms with Crippen molar-refractivity contribution in [3.63, 3.8) is 0 Å². The first-order valence-corrected chi connectivity index (χ1v) is 14.1. The summed E-state index contributed by atoms with van der Waals surface area (Å²) in [6.45, 7) is 13.5. The molecule has 0 aliphatic carbocycles. The molecule has 0 aromatic heterocycles. The zero-order valence-electron chi connectivity index (χ0n) is 19.4. The van der Waals surface area contributed by atoms with E-state index >= 15 is 0 Å². The average molecular weight is 434 g/mol. The normalized spacial score (nSPS) is 15.8. The molecule has 2 rings (SSSR count). The molecule has 1 aliphatic heterocycles. The van der Waals surface area contributed by atoms with Crippen LogP contribution in [0.3, 0.4) is 0 Å². The predicted octanol–water partition coefficient (Wildman–Crippen LogP) is 5.80. The topological polar surface area (TPSA) is 55.8 Å². The van der Waals surface area contributed by atoms with Crippen molar-refractivity contribution in [2.24, 2.45) is 5.92 Å². The number of carbonyl (C=O) groups is 2. The number of ketones is 1. The van der Waals surface area contributed by atoms with Gasteiger partial charge in [0.15, 0.2) is 8.32 Å². The van der Waals surface area contributed by atoms with E-state index in [4.69, 9.17) is 9.16 Å². The Kier molecular flexibility index (Phi) is 9.10. The number of nitrogens with zero attached hydrogens (tertiary/aromatic N) is 1. The molecule has 6 heteroatoms. The quantitative estimate of drug-likeness (QED) is 0.365. The number of likely N-dealkylation sites (tertiary alicyclic amines) is 1. The molecule has 1 aromatic carbocycles. The van der Waals surface area contributed by atoms with Crippen molar-refractivity contribution in [1.82, 2.24) is 4.90 Å². The minimum Gasteiger partial charge on any atom is -0.445 e. The Bertz CT molecular complexity index is 676. The molecule has 0 radical (unpaired) electrons. The third-order valence-corrected chi connectivity index (χ3v) is 11.0. The number of rotatable bonds is 9. The van der Waals surface area contributed by atoms with Crippen LogP contribution in [0.4, 0.5) is 4.79 Å². The van der Waals surface area contributed by atoms with Crippen LogP contribution in [0, 0.1) is 5.92 Å². The summed E-state index contributed by atoms with van der Waals surface area (Å²) in [7, 11) is -1.70. The van der Waals surface area contributed by atoms with Gasteiger partial charge in [-0.2, -0.15) is 0 Å². The van der Waals surface area contributed by atoms with Gasteiger partial charge in [0.25, 0.3) is 0 Å². The van der Waals surface area contributed by atoms with E-state index in [1.165, 1.54) is 0 Å². The predicted molar refractivity (Wildman–Crippen MR) is 123 cm³/mol. The molecule has 168 valence electrons. The first kappa shape index (κ1) is 24.6. The Morgan fingerprint density at radius 1 is 1.07 bits per heavy atom. The van der Waals surface area contributed by atoms with Crippen molar-refractivity contribution >= 4 is 20.2 Å². The third kappa shape index (κ3) is 7.55. The van der Waals surface area contributed by atoms with Crippen LogP contribution in [0.1, 0.15) is 58.4 Å². The maximum Gasteiger partial charge on any atom is 0.410 e. The van der Waals surface area contributed by atoms with Gasteiger partial charge in [0.2, 0.25) is 0 Å². The fourth-order valence-electron chi connectivity index (χ4n) is 3.34. The molecule has 1 amide bonds. The molecule has 1 saturated heterocycles. The zero-order valence-corrected chi connectivity index (χ0v) is 20.4. The van der Waals surface area contributed by atoms with E-state index in [0.717, 1.165) is 37.9 Å². The molecule has 1 fully saturated rings. The number of hydrogen-bond acceptors (Lipinski definition) is 4. The van der Waals surface area contributed by atoms with Crippen LogP contribution in [0.15, 0.2) is 30.3 Å². The summed E-state index contributed by atoms with van der Waals surface area (Å²) in [4.78, 5) is 26.5. The molecular weight excluding hydrogens is 394 g/mol. The second kappa shape index (κ2) is 11.1. The summed E-state index contributed by atoms with van der Waals surface area (Å²) in [5.74, 6) is 0.407. The Morgan fingerprint density at radius 3 is 2.30 bits per heavy atom. The van der Waals surface area contributed by atoms with Crippen molar-refractivity contribution in [3.05, 3.63) is 35.9 Å². The number of piperidine rings is 1. The molecule has 30 heavy (non-hydrogen) atoms. The van der Waals surface area contributed by atoms with Gasteiger partial charge in [-0.25, -0.2) is 4.79 Å². The van der Waals surface area contributed by atoms with Crippen LogP contribution in [-0.4, -0.2) is 44.8 Å². The molecule has 1 heterocycles. The lowest BCUT2D eigenvalue weighted by Gasteiger charge is -2.36. The van der Waals surface area contributed by atoms with Gasteiger partial charge in [0, 0.05) is 32.0 Å². The standard InChI is InChI=1S/C24H39NO4Si/c1-24(2,3)30(4,5)29-18-10-9-13-22(26)21-14-16-25(17-15-21)23(27)28-19-20-11-7-6-8-12-20/h6-8,11-12,21H,9-10,13-19H2,1-5H3. The van der Waals surface area contributed by atoms with E-state index in [9.17, 15) is 9.59 Å². The molecular formula is C24H39NO4Si. The maximum absolute atomic E-state index is 12.5. The van der Waals surface area contributed by atoms with Gasteiger partial charge >= 0.3 is 6.09 Å². The van der Waals surface area contributed by atoms with E-state index in [1.54, 1.807) is 4.90 Å². The van der Waals surface area contributed by atoms with Crippen molar-refractivity contribution in [1.29, 1.82) is 0 Å². The van der Waals surface area contributed by atoms with E-state index in [-0.39, 0.29) is 23.7 Å². The zero-order chi connectivity index (χ0) is 22.2. The molecule has 1 aliphatic rings. The van der Waals surface area contributed by atoms with Crippen molar-refractivity contribution in [2.75, 3.05) is 19.7 Å². The van der Waals surface area contributed by atoms with Crippen LogP contribution in [0.2, 0.25) is 18.1 Å². The molecule has 0 atom stereocenters. The van der Waals surface area contributed by atoms with E-state index in [2.05, 4.69) is 33.9 Å². The van der Waals surface area contributed by atoms with E-state index in [1.807, 2.05) is 30.3 Å². The largest absolute Gasteiger partial charge is 0.445 e. The minimum absolute atomic E-state index is 0.0736. The number of Topliss-reactive ketones (excluding diaryl/α,β-unsaturated/α-hetero) is 1. The van der Waals surface area contributed by atoms with E-state index < -0.39 is 8.32 Å². The van der Waals surface area contributed by atoms with Gasteiger partial charge in [-0.05, 0) is 49.4 Å². The molecule has 0 bridgehead atoms. The first-order valence-electron chi connectivity index (χ1n) is 11.2. The highest BCUT2D eigenvalue weighted by atomic mass is 28.4. The van der Waals surface area contributed by atoms with Gasteiger partial charge in [-0.15, -0.1) is 0 Å². The number of amides is 1. The molecule has 0 saturated carbocycles. The highest BCUT2D eigenvalue weighted by Gasteiger charge is 2.36. The molecule has 5 nitrogen and oxygen atoms in total. The summed E-state index contributed by atoms with van der Waals surface area (Å²) in [5.41, 5.74) is 0.980. The number of carbonyl (C=O) groups excluding carboxylic acids is 2. The maximum atomic E-state index is 12.5. The Labute approximate surface area is 183 Å². The summed E-state index contributed by atoms with van der Waals surface area (Å²) in [6.07, 6.45) is 3.62. The summed E-state index contributed by atoms with van der Waals surface area (Å²) in [5, 5.41) is 0.221. The van der Waals surface area contributed by atoms with Gasteiger partial charge in [0.1, 0.15) is 12.4 Å². The van der Waals surface area contributed by atoms with Crippen molar-refractivity contribution in [3.8, 4) is 0 Å². The number of hydrogen-bond donors (Lipinski definition) is 0. The van der Waals surface area contributed by atoms with Gasteiger partial charge in [-0.1, -0.05) is 51.1 Å². The molecule has 1 aromatic rings. The monoisotopic (exact) mass is 433 g/mol. The molecule has 0 N–H and O–H groups in total. The second-order valence-electron chi connectivity index (χ2n) is 9.83. The second-order valence-corrected chi connectivity index (χ2v) is 14.6. The summed E-state index contributed by atoms with van der Waals surface area (Å²) < 4.78 is 11.6. The van der Waals surface area contributed by atoms with E-state index in [0.29, 0.717) is 25.3 Å². The average Bonchev–Trinajstić information content (AvgIpc) is 2.71. The fourth-order valence-corrected chi connectivity index (χ4v) is 4.43. The van der Waals surface area contributed by atoms with Gasteiger partial charge in [0.05, 0.1) is 0 Å². The summed E-state index contributed by atoms with van der Waals surface area (Å²) >= 11 is 0. The molecule has 0 unspecified atom stereocenters. The van der Waals surface area contributed by atoms with Crippen molar-refractivity contribution < 1.29 is 18.8 Å². The lowest BCUT2D eigenvalue weighted by molar-refractivity contribution is -0.124. The highest BCUT2D eigenvalue weighted by molar-refractivity contribution is 6.74. The van der Waals surface area contributed by atoms with Crippen LogP contribution in [0.5, 0.6) is 0 Å². The Hall–Kier alpha value is -1.66. The number of ether oxygens (including phenoxy) is 1.